The van der Waals surface area contributed by atoms with E-state index in [1.807, 2.05) is 12.1 Å². The maximum Gasteiger partial charge on any atom is 0.119 e. The molecule has 1 aromatic rings. The van der Waals surface area contributed by atoms with Gasteiger partial charge in [0.05, 0.1) is 19.8 Å². The number of benzene rings is 1. The van der Waals surface area contributed by atoms with Crippen molar-refractivity contribution in [2.75, 3.05) is 26.4 Å². The molecular weight excluding hydrogens is 204 g/mol. The van der Waals surface area contributed by atoms with Crippen LogP contribution in [0, 0.1) is 0 Å². The summed E-state index contributed by atoms with van der Waals surface area (Å²) >= 11 is 0. The number of hydrogen-bond donors (Lipinski definition) is 0. The lowest BCUT2D eigenvalue weighted by atomic mass is 10.2. The molecule has 1 aromatic carbocycles. The lowest BCUT2D eigenvalue weighted by Crippen LogP contribution is -2.10. The van der Waals surface area contributed by atoms with Gasteiger partial charge in [-0.3, -0.25) is 0 Å². The molecular formula is C13H18O3. The first-order valence-electron chi connectivity index (χ1n) is 5.79. The van der Waals surface area contributed by atoms with Gasteiger partial charge in [0, 0.05) is 0 Å². The van der Waals surface area contributed by atoms with E-state index in [0.29, 0.717) is 25.9 Å². The first-order chi connectivity index (χ1) is 7.88. The monoisotopic (exact) mass is 222 g/mol. The summed E-state index contributed by atoms with van der Waals surface area (Å²) in [6.45, 7) is 4.90. The number of epoxide rings is 1. The lowest BCUT2D eigenvalue weighted by Gasteiger charge is -2.06. The molecule has 0 saturated carbocycles. The van der Waals surface area contributed by atoms with Crippen molar-refractivity contribution in [3.05, 3.63) is 29.8 Å². The maximum absolute atomic E-state index is 5.54. The molecule has 1 heterocycles. The predicted molar refractivity (Wildman–Crippen MR) is 61.9 cm³/mol. The number of hydrogen-bond acceptors (Lipinski definition) is 3. The molecule has 88 valence electrons. The molecule has 0 unspecified atom stereocenters. The van der Waals surface area contributed by atoms with Crippen molar-refractivity contribution in [1.29, 1.82) is 0 Å². The molecule has 2 rings (SSSR count). The van der Waals surface area contributed by atoms with Crippen LogP contribution in [0.1, 0.15) is 12.5 Å². The van der Waals surface area contributed by atoms with E-state index in [1.54, 1.807) is 0 Å². The summed E-state index contributed by atoms with van der Waals surface area (Å²) < 4.78 is 15.9. The zero-order valence-corrected chi connectivity index (χ0v) is 9.65. The lowest BCUT2D eigenvalue weighted by molar-refractivity contribution is 0.0878. The highest BCUT2D eigenvalue weighted by atomic mass is 16.6. The Kier molecular flexibility index (Phi) is 4.19. The standard InChI is InChI=1S/C13H18O3/c1-2-11-3-5-12(6-4-11)15-8-7-14-9-13-10-16-13/h3-6,13H,2,7-10H2,1H3/t13-/m0/s1. The van der Waals surface area contributed by atoms with Gasteiger partial charge in [-0.05, 0) is 24.1 Å². The van der Waals surface area contributed by atoms with E-state index in [4.69, 9.17) is 14.2 Å². The zero-order chi connectivity index (χ0) is 11.2. The fourth-order valence-corrected chi connectivity index (χ4v) is 1.42. The van der Waals surface area contributed by atoms with Gasteiger partial charge in [0.2, 0.25) is 0 Å². The van der Waals surface area contributed by atoms with Crippen LogP contribution in [0.25, 0.3) is 0 Å². The van der Waals surface area contributed by atoms with E-state index in [-0.39, 0.29) is 0 Å². The topological polar surface area (TPSA) is 31.0 Å². The van der Waals surface area contributed by atoms with Crippen molar-refractivity contribution in [1.82, 2.24) is 0 Å². The van der Waals surface area contributed by atoms with Crippen molar-refractivity contribution in [3.63, 3.8) is 0 Å². The van der Waals surface area contributed by atoms with E-state index in [0.717, 1.165) is 18.8 Å². The third-order valence-electron chi connectivity index (χ3n) is 2.53. The van der Waals surface area contributed by atoms with Crippen LogP contribution >= 0.6 is 0 Å². The van der Waals surface area contributed by atoms with Gasteiger partial charge in [0.15, 0.2) is 0 Å². The first kappa shape index (κ1) is 11.4. The van der Waals surface area contributed by atoms with Crippen LogP contribution in [0.2, 0.25) is 0 Å². The minimum atomic E-state index is 0.337. The Morgan fingerprint density at radius 1 is 1.25 bits per heavy atom. The highest BCUT2D eigenvalue weighted by Crippen LogP contribution is 2.12. The molecule has 0 aromatic heterocycles. The van der Waals surface area contributed by atoms with Crippen molar-refractivity contribution in [3.8, 4) is 5.75 Å². The van der Waals surface area contributed by atoms with E-state index >= 15 is 0 Å². The fraction of sp³-hybridized carbons (Fsp3) is 0.538. The number of aryl methyl sites for hydroxylation is 1. The Labute approximate surface area is 96.3 Å². The normalized spacial score (nSPS) is 18.4. The van der Waals surface area contributed by atoms with Gasteiger partial charge < -0.3 is 14.2 Å². The molecule has 1 fully saturated rings. The minimum Gasteiger partial charge on any atom is -0.491 e. The second-order valence-corrected chi connectivity index (χ2v) is 3.88. The second kappa shape index (κ2) is 5.87. The molecule has 0 bridgehead atoms. The Bertz CT molecular complexity index is 303. The molecule has 0 N–H and O–H groups in total. The summed E-state index contributed by atoms with van der Waals surface area (Å²) in [6, 6.07) is 8.19. The zero-order valence-electron chi connectivity index (χ0n) is 9.65. The van der Waals surface area contributed by atoms with Gasteiger partial charge in [0.1, 0.15) is 18.5 Å². The van der Waals surface area contributed by atoms with Crippen LogP contribution in [0.3, 0.4) is 0 Å². The highest BCUT2D eigenvalue weighted by Gasteiger charge is 2.21. The largest absolute Gasteiger partial charge is 0.491 e. The Hall–Kier alpha value is -1.06. The second-order valence-electron chi connectivity index (χ2n) is 3.88. The fourth-order valence-electron chi connectivity index (χ4n) is 1.42. The Morgan fingerprint density at radius 2 is 2.00 bits per heavy atom. The van der Waals surface area contributed by atoms with E-state index in [1.165, 1.54) is 5.56 Å². The quantitative estimate of drug-likeness (QED) is 0.522. The molecule has 1 atom stereocenters. The van der Waals surface area contributed by atoms with Gasteiger partial charge in [0.25, 0.3) is 0 Å². The van der Waals surface area contributed by atoms with E-state index < -0.39 is 0 Å². The third kappa shape index (κ3) is 3.83. The van der Waals surface area contributed by atoms with Crippen molar-refractivity contribution in [2.45, 2.75) is 19.4 Å². The molecule has 16 heavy (non-hydrogen) atoms. The number of rotatable bonds is 7. The summed E-state index contributed by atoms with van der Waals surface area (Å²) in [6.07, 6.45) is 1.40. The first-order valence-corrected chi connectivity index (χ1v) is 5.79. The molecule has 0 spiro atoms. The summed E-state index contributed by atoms with van der Waals surface area (Å²) in [5.41, 5.74) is 1.33. The molecule has 1 aliphatic rings. The van der Waals surface area contributed by atoms with Crippen LogP contribution in [-0.4, -0.2) is 32.5 Å². The van der Waals surface area contributed by atoms with Crippen molar-refractivity contribution >= 4 is 0 Å². The summed E-state index contributed by atoms with van der Waals surface area (Å²) in [4.78, 5) is 0. The van der Waals surface area contributed by atoms with Gasteiger partial charge in [-0.2, -0.15) is 0 Å². The molecule has 0 radical (unpaired) electrons. The summed E-state index contributed by atoms with van der Waals surface area (Å²) in [7, 11) is 0. The van der Waals surface area contributed by atoms with Crippen LogP contribution in [0.5, 0.6) is 5.75 Å². The van der Waals surface area contributed by atoms with Crippen LogP contribution in [-0.2, 0) is 15.9 Å². The highest BCUT2D eigenvalue weighted by molar-refractivity contribution is 5.27. The Morgan fingerprint density at radius 3 is 2.62 bits per heavy atom. The molecule has 0 amide bonds. The molecule has 3 nitrogen and oxygen atoms in total. The van der Waals surface area contributed by atoms with Gasteiger partial charge in [-0.1, -0.05) is 19.1 Å². The minimum absolute atomic E-state index is 0.337. The van der Waals surface area contributed by atoms with Gasteiger partial charge in [-0.15, -0.1) is 0 Å². The predicted octanol–water partition coefficient (Wildman–Crippen LogP) is 2.04. The van der Waals surface area contributed by atoms with E-state index in [9.17, 15) is 0 Å². The van der Waals surface area contributed by atoms with Gasteiger partial charge >= 0.3 is 0 Å². The third-order valence-corrected chi connectivity index (χ3v) is 2.53. The van der Waals surface area contributed by atoms with Gasteiger partial charge in [-0.25, -0.2) is 0 Å². The number of ether oxygens (including phenoxy) is 3. The molecule has 1 saturated heterocycles. The van der Waals surface area contributed by atoms with Crippen LogP contribution < -0.4 is 4.74 Å². The summed E-state index contributed by atoms with van der Waals surface area (Å²) in [5, 5.41) is 0. The molecule has 3 heteroatoms. The average Bonchev–Trinajstić information content (AvgIpc) is 3.13. The SMILES string of the molecule is CCc1ccc(OCCOC[C@H]2CO2)cc1. The maximum atomic E-state index is 5.54. The average molecular weight is 222 g/mol. The smallest absolute Gasteiger partial charge is 0.119 e. The summed E-state index contributed by atoms with van der Waals surface area (Å²) in [5.74, 6) is 0.906. The van der Waals surface area contributed by atoms with Crippen LogP contribution in [0.4, 0.5) is 0 Å². The van der Waals surface area contributed by atoms with Crippen molar-refractivity contribution < 1.29 is 14.2 Å². The van der Waals surface area contributed by atoms with E-state index in [2.05, 4.69) is 19.1 Å². The Balaban J connectivity index is 1.60. The van der Waals surface area contributed by atoms with Crippen molar-refractivity contribution in [2.24, 2.45) is 0 Å². The van der Waals surface area contributed by atoms with Crippen LogP contribution in [0.15, 0.2) is 24.3 Å². The molecule has 1 aliphatic heterocycles. The molecule has 0 aliphatic carbocycles.